The number of hydrogen-bond donors (Lipinski definition) is 0. The molecule has 0 saturated carbocycles. The molecule has 0 N–H and O–H groups in total. The lowest BCUT2D eigenvalue weighted by molar-refractivity contribution is 0.669. The van der Waals surface area contributed by atoms with Gasteiger partial charge < -0.3 is 4.42 Å². The molecule has 41 heavy (non-hydrogen) atoms. The fourth-order valence-electron chi connectivity index (χ4n) is 5.70. The molecule has 8 rings (SSSR count). The van der Waals surface area contributed by atoms with Gasteiger partial charge in [-0.2, -0.15) is 0 Å². The van der Waals surface area contributed by atoms with Crippen LogP contribution in [0.5, 0.6) is 0 Å². The lowest BCUT2D eigenvalue weighted by Gasteiger charge is -2.12. The van der Waals surface area contributed by atoms with Gasteiger partial charge in [0.15, 0.2) is 17.5 Å². The molecule has 0 atom stereocenters. The van der Waals surface area contributed by atoms with Crippen molar-refractivity contribution in [1.82, 2.24) is 15.0 Å². The molecule has 7 aromatic rings. The van der Waals surface area contributed by atoms with Gasteiger partial charge in [-0.15, -0.1) is 0 Å². The van der Waals surface area contributed by atoms with Crippen LogP contribution in [-0.2, 0) is 0 Å². The van der Waals surface area contributed by atoms with Crippen molar-refractivity contribution in [3.05, 3.63) is 133 Å². The Bertz CT molecular complexity index is 2160. The summed E-state index contributed by atoms with van der Waals surface area (Å²) in [5.41, 5.74) is 6.79. The minimum Gasteiger partial charge on any atom is -0.456 e. The van der Waals surface area contributed by atoms with Crippen LogP contribution in [0.2, 0.25) is 0 Å². The molecule has 4 nitrogen and oxygen atoms in total. The van der Waals surface area contributed by atoms with E-state index < -0.39 is 0 Å². The first kappa shape index (κ1) is 23.5. The average Bonchev–Trinajstić information content (AvgIpc) is 3.43. The summed E-state index contributed by atoms with van der Waals surface area (Å²) in [5, 5.41) is 4.39. The van der Waals surface area contributed by atoms with E-state index in [1.807, 2.05) is 48.5 Å². The summed E-state index contributed by atoms with van der Waals surface area (Å²) in [5.74, 6) is 1.91. The second-order valence-corrected chi connectivity index (χ2v) is 10.4. The molecule has 0 saturated heterocycles. The SMILES string of the molecule is C1=CC(c2cc(-c3nc(-c4ccccc4)nc(-c4ccc5ccccc5c4)n3)c3c(c2)oc2ccccc23)=CCC1. The van der Waals surface area contributed by atoms with Gasteiger partial charge in [0.25, 0.3) is 0 Å². The van der Waals surface area contributed by atoms with Crippen LogP contribution in [0.1, 0.15) is 18.4 Å². The molecule has 1 aliphatic carbocycles. The first-order valence-corrected chi connectivity index (χ1v) is 13.9. The van der Waals surface area contributed by atoms with Gasteiger partial charge in [-0.05, 0) is 59.0 Å². The van der Waals surface area contributed by atoms with Gasteiger partial charge in [-0.3, -0.25) is 0 Å². The molecule has 0 amide bonds. The lowest BCUT2D eigenvalue weighted by atomic mass is 9.95. The van der Waals surface area contributed by atoms with E-state index in [1.54, 1.807) is 0 Å². The minimum absolute atomic E-state index is 0.626. The van der Waals surface area contributed by atoms with Crippen LogP contribution in [0.15, 0.2) is 132 Å². The second-order valence-electron chi connectivity index (χ2n) is 10.4. The molecule has 0 fully saturated rings. The predicted molar refractivity (Wildman–Crippen MR) is 167 cm³/mol. The number of furan rings is 1. The number of rotatable bonds is 4. The molecule has 0 bridgehead atoms. The van der Waals surface area contributed by atoms with Crippen molar-refractivity contribution in [2.45, 2.75) is 12.8 Å². The van der Waals surface area contributed by atoms with Gasteiger partial charge >= 0.3 is 0 Å². The van der Waals surface area contributed by atoms with E-state index in [4.69, 9.17) is 19.4 Å². The molecule has 0 radical (unpaired) electrons. The summed E-state index contributed by atoms with van der Waals surface area (Å²) in [7, 11) is 0. The summed E-state index contributed by atoms with van der Waals surface area (Å²) in [6, 6.07) is 37.4. The third-order valence-electron chi connectivity index (χ3n) is 7.72. The number of allylic oxidation sites excluding steroid dienone is 4. The highest BCUT2D eigenvalue weighted by atomic mass is 16.3. The van der Waals surface area contributed by atoms with E-state index >= 15 is 0 Å². The van der Waals surface area contributed by atoms with Gasteiger partial charge in [0.2, 0.25) is 0 Å². The van der Waals surface area contributed by atoms with Gasteiger partial charge in [-0.25, -0.2) is 15.0 Å². The zero-order valence-electron chi connectivity index (χ0n) is 22.3. The first-order valence-electron chi connectivity index (χ1n) is 13.9. The Labute approximate surface area is 237 Å². The lowest BCUT2D eigenvalue weighted by Crippen LogP contribution is -2.01. The van der Waals surface area contributed by atoms with Crippen molar-refractivity contribution in [3.63, 3.8) is 0 Å². The Balaban J connectivity index is 1.42. The number of para-hydroxylation sites is 1. The van der Waals surface area contributed by atoms with Crippen LogP contribution in [0, 0.1) is 0 Å². The van der Waals surface area contributed by atoms with Crippen LogP contribution in [-0.4, -0.2) is 15.0 Å². The maximum Gasteiger partial charge on any atom is 0.164 e. The molecule has 0 spiro atoms. The minimum atomic E-state index is 0.626. The quantitative estimate of drug-likeness (QED) is 0.229. The second kappa shape index (κ2) is 9.68. The van der Waals surface area contributed by atoms with Crippen LogP contribution >= 0.6 is 0 Å². The normalized spacial score (nSPS) is 13.2. The van der Waals surface area contributed by atoms with E-state index in [0.29, 0.717) is 17.5 Å². The third-order valence-corrected chi connectivity index (χ3v) is 7.72. The zero-order chi connectivity index (χ0) is 27.2. The Morgan fingerprint density at radius 2 is 1.29 bits per heavy atom. The Hall–Kier alpha value is -5.35. The van der Waals surface area contributed by atoms with Crippen molar-refractivity contribution in [2.75, 3.05) is 0 Å². The largest absolute Gasteiger partial charge is 0.456 e. The fourth-order valence-corrected chi connectivity index (χ4v) is 5.70. The number of fused-ring (bicyclic) bond motifs is 4. The Morgan fingerprint density at radius 3 is 2.15 bits per heavy atom. The molecule has 194 valence electrons. The molecular formula is C37H25N3O. The first-order chi connectivity index (χ1) is 20.3. The maximum atomic E-state index is 6.40. The van der Waals surface area contributed by atoms with E-state index in [1.165, 1.54) is 11.0 Å². The van der Waals surface area contributed by atoms with Gasteiger partial charge in [-0.1, -0.05) is 103 Å². The molecule has 1 aliphatic rings. The third kappa shape index (κ3) is 4.21. The van der Waals surface area contributed by atoms with E-state index in [2.05, 4.69) is 78.9 Å². The molecule has 2 aromatic heterocycles. The summed E-state index contributed by atoms with van der Waals surface area (Å²) in [4.78, 5) is 15.2. The highest BCUT2D eigenvalue weighted by Crippen LogP contribution is 2.39. The number of hydrogen-bond acceptors (Lipinski definition) is 4. The maximum absolute atomic E-state index is 6.40. The molecule has 0 aliphatic heterocycles. The van der Waals surface area contributed by atoms with E-state index in [-0.39, 0.29) is 0 Å². The van der Waals surface area contributed by atoms with Crippen molar-refractivity contribution in [2.24, 2.45) is 0 Å². The van der Waals surface area contributed by atoms with Gasteiger partial charge in [0.1, 0.15) is 11.2 Å². The summed E-state index contributed by atoms with van der Waals surface area (Å²) < 4.78 is 6.40. The van der Waals surface area contributed by atoms with Crippen LogP contribution < -0.4 is 0 Å². The molecule has 4 heteroatoms. The van der Waals surface area contributed by atoms with Crippen LogP contribution in [0.25, 0.3) is 72.4 Å². The standard InChI is InChI=1S/C37H25N3O/c1-3-11-24(12-4-1)29-22-31(34-30-17-9-10-18-32(30)41-33(34)23-29)37-39-35(26-14-5-2-6-15-26)38-36(40-37)28-20-19-25-13-7-8-16-27(25)21-28/h2-3,5-23H,1,4H2. The Kier molecular flexibility index (Phi) is 5.56. The van der Waals surface area contributed by atoms with Crippen LogP contribution in [0.3, 0.4) is 0 Å². The molecular weight excluding hydrogens is 502 g/mol. The number of benzene rings is 5. The Morgan fingerprint density at radius 1 is 0.537 bits per heavy atom. The van der Waals surface area contributed by atoms with Crippen molar-refractivity contribution in [3.8, 4) is 34.2 Å². The smallest absolute Gasteiger partial charge is 0.164 e. The molecule has 2 heterocycles. The fraction of sp³-hybridized carbons (Fsp3) is 0.0541. The molecule has 0 unspecified atom stereocenters. The summed E-state index contributed by atoms with van der Waals surface area (Å²) in [6.07, 6.45) is 8.80. The zero-order valence-corrected chi connectivity index (χ0v) is 22.3. The van der Waals surface area contributed by atoms with E-state index in [0.717, 1.165) is 62.4 Å². The topological polar surface area (TPSA) is 51.8 Å². The number of nitrogens with zero attached hydrogens (tertiary/aromatic N) is 3. The highest BCUT2D eigenvalue weighted by Gasteiger charge is 2.20. The summed E-state index contributed by atoms with van der Waals surface area (Å²) in [6.45, 7) is 0. The molecule has 5 aromatic carbocycles. The highest BCUT2D eigenvalue weighted by molar-refractivity contribution is 6.13. The van der Waals surface area contributed by atoms with Gasteiger partial charge in [0, 0.05) is 27.5 Å². The average molecular weight is 528 g/mol. The van der Waals surface area contributed by atoms with Crippen LogP contribution in [0.4, 0.5) is 0 Å². The van der Waals surface area contributed by atoms with Crippen molar-refractivity contribution < 1.29 is 4.42 Å². The summed E-state index contributed by atoms with van der Waals surface area (Å²) >= 11 is 0. The number of aromatic nitrogens is 3. The van der Waals surface area contributed by atoms with Crippen molar-refractivity contribution >= 4 is 38.3 Å². The monoisotopic (exact) mass is 527 g/mol. The van der Waals surface area contributed by atoms with E-state index in [9.17, 15) is 0 Å². The van der Waals surface area contributed by atoms with Gasteiger partial charge in [0.05, 0.1) is 0 Å². The van der Waals surface area contributed by atoms with Crippen molar-refractivity contribution in [1.29, 1.82) is 0 Å². The predicted octanol–water partition coefficient (Wildman–Crippen LogP) is 9.66.